The van der Waals surface area contributed by atoms with Gasteiger partial charge in [-0.1, -0.05) is 145 Å². The second-order valence-corrected chi connectivity index (χ2v) is 17.2. The number of allylic oxidation sites excluding steroid dienone is 10. The van der Waals surface area contributed by atoms with Gasteiger partial charge in [-0.3, -0.25) is 18.6 Å². The number of carbonyl (C=O) groups excluding carboxylic acids is 2. The number of rotatable bonds is 39. The average molecular weight is 809 g/mol. The van der Waals surface area contributed by atoms with Gasteiger partial charge in [0.15, 0.2) is 6.10 Å². The molecule has 0 bridgehead atoms. The highest BCUT2D eigenvalue weighted by molar-refractivity contribution is 7.47. The Kier molecular flexibility index (Phi) is 36.7. The molecule has 0 aliphatic rings. The number of hydrogen-bond acceptors (Lipinski definition) is 7. The van der Waals surface area contributed by atoms with Gasteiger partial charge in [-0.05, 0) is 70.6 Å². The first kappa shape index (κ1) is 53.7. The van der Waals surface area contributed by atoms with E-state index >= 15 is 0 Å². The Labute approximate surface area is 343 Å². The molecule has 0 heterocycles. The molecule has 0 rings (SSSR count). The molecule has 0 aliphatic carbocycles. The van der Waals surface area contributed by atoms with Crippen LogP contribution < -0.4 is 0 Å². The summed E-state index contributed by atoms with van der Waals surface area (Å²) in [6.45, 7) is 4.30. The fourth-order valence-corrected chi connectivity index (χ4v) is 6.29. The minimum absolute atomic E-state index is 0.0175. The Hall–Kier alpha value is -2.29. The van der Waals surface area contributed by atoms with Crippen LogP contribution in [0.4, 0.5) is 0 Å². The summed E-state index contributed by atoms with van der Waals surface area (Å²) in [5, 5.41) is 0. The lowest BCUT2D eigenvalue weighted by Gasteiger charge is -2.24. The summed E-state index contributed by atoms with van der Waals surface area (Å²) in [4.78, 5) is 35.3. The van der Waals surface area contributed by atoms with Gasteiger partial charge in [0, 0.05) is 12.8 Å². The van der Waals surface area contributed by atoms with Crippen molar-refractivity contribution >= 4 is 19.8 Å². The maximum absolute atomic E-state index is 12.7. The van der Waals surface area contributed by atoms with Gasteiger partial charge in [0.2, 0.25) is 0 Å². The van der Waals surface area contributed by atoms with Crippen LogP contribution in [0.2, 0.25) is 0 Å². The van der Waals surface area contributed by atoms with Crippen molar-refractivity contribution in [3.05, 3.63) is 60.8 Å². The molecule has 0 saturated carbocycles. The third kappa shape index (κ3) is 41.3. The van der Waals surface area contributed by atoms with Crippen LogP contribution >= 0.6 is 7.82 Å². The molecule has 0 spiro atoms. The number of phosphoric acid groups is 1. The number of nitrogens with zero attached hydrogens (tertiary/aromatic N) is 1. The molecule has 2 atom stereocenters. The molecule has 56 heavy (non-hydrogen) atoms. The molecular formula is C46H83NO8P+. The van der Waals surface area contributed by atoms with Crippen molar-refractivity contribution < 1.29 is 42.1 Å². The van der Waals surface area contributed by atoms with E-state index in [2.05, 4.69) is 74.6 Å². The average Bonchev–Trinajstić information content (AvgIpc) is 3.15. The van der Waals surface area contributed by atoms with Gasteiger partial charge >= 0.3 is 19.8 Å². The summed E-state index contributed by atoms with van der Waals surface area (Å²) >= 11 is 0. The second kappa shape index (κ2) is 38.2. The molecule has 0 amide bonds. The zero-order valence-electron chi connectivity index (χ0n) is 36.3. The van der Waals surface area contributed by atoms with Crippen molar-refractivity contribution in [3.63, 3.8) is 0 Å². The number of likely N-dealkylation sites (N-methyl/N-ethyl adjacent to an activating group) is 1. The molecule has 0 saturated heterocycles. The lowest BCUT2D eigenvalue weighted by atomic mass is 10.1. The molecule has 0 aromatic heterocycles. The molecule has 1 N–H and O–H groups in total. The minimum Gasteiger partial charge on any atom is -0.462 e. The van der Waals surface area contributed by atoms with Crippen LogP contribution in [0.3, 0.4) is 0 Å². The second-order valence-electron chi connectivity index (χ2n) is 15.8. The van der Waals surface area contributed by atoms with Crippen LogP contribution in [0.5, 0.6) is 0 Å². The normalized spacial score (nSPS) is 14.2. The minimum atomic E-state index is -4.39. The third-order valence-electron chi connectivity index (χ3n) is 9.05. The number of carbonyl (C=O) groups is 2. The molecule has 0 radical (unpaired) electrons. The van der Waals surface area contributed by atoms with E-state index in [1.54, 1.807) is 0 Å². The van der Waals surface area contributed by atoms with Crippen LogP contribution in [0, 0.1) is 0 Å². The summed E-state index contributed by atoms with van der Waals surface area (Å²) in [7, 11) is 1.43. The third-order valence-corrected chi connectivity index (χ3v) is 10.0. The van der Waals surface area contributed by atoms with E-state index in [0.717, 1.165) is 64.2 Å². The van der Waals surface area contributed by atoms with E-state index in [0.29, 0.717) is 23.9 Å². The van der Waals surface area contributed by atoms with E-state index in [4.69, 9.17) is 18.5 Å². The number of unbranched alkanes of at least 4 members (excludes halogenated alkanes) is 16. The van der Waals surface area contributed by atoms with Crippen molar-refractivity contribution in [2.24, 2.45) is 0 Å². The number of esters is 2. The Morgan fingerprint density at radius 2 is 1.04 bits per heavy atom. The van der Waals surface area contributed by atoms with Crippen molar-refractivity contribution in [2.45, 2.75) is 174 Å². The van der Waals surface area contributed by atoms with E-state index in [1.807, 2.05) is 21.1 Å². The summed E-state index contributed by atoms with van der Waals surface area (Å²) in [6, 6.07) is 0. The van der Waals surface area contributed by atoms with Gasteiger partial charge in [-0.15, -0.1) is 0 Å². The standard InChI is InChI=1S/C46H82NO8P/c1-6-8-10-12-14-16-18-20-22-23-25-27-29-31-33-35-37-39-46(49)55-44(43-54-56(50,51)53-41-40-47(3,4)5)42-52-45(48)38-36-34-32-30-28-26-24-21-19-17-15-13-11-9-7-2/h17,19-22,24-25,27,31,33,44H,6-16,18,23,26,28-30,32,34-43H2,1-5H3/p+1/b19-17+,22-20+,24-21+,27-25+,33-31+/t44-/m1/s1. The zero-order chi connectivity index (χ0) is 41.4. The van der Waals surface area contributed by atoms with Gasteiger partial charge in [-0.2, -0.15) is 0 Å². The Morgan fingerprint density at radius 3 is 1.61 bits per heavy atom. The summed E-state index contributed by atoms with van der Waals surface area (Å²) in [6.07, 6.45) is 45.6. The van der Waals surface area contributed by atoms with Gasteiger partial charge < -0.3 is 18.9 Å². The first-order valence-corrected chi connectivity index (χ1v) is 23.5. The Balaban J connectivity index is 4.49. The van der Waals surface area contributed by atoms with Crippen LogP contribution in [-0.4, -0.2) is 74.9 Å². The summed E-state index contributed by atoms with van der Waals surface area (Å²) < 4.78 is 34.2. The van der Waals surface area contributed by atoms with Gasteiger partial charge in [0.1, 0.15) is 19.8 Å². The molecule has 10 heteroatoms. The molecule has 0 aliphatic heterocycles. The molecular weight excluding hydrogens is 725 g/mol. The quantitative estimate of drug-likeness (QED) is 0.0163. The highest BCUT2D eigenvalue weighted by Gasteiger charge is 2.27. The number of hydrogen-bond donors (Lipinski definition) is 1. The topological polar surface area (TPSA) is 108 Å². The van der Waals surface area contributed by atoms with Crippen molar-refractivity contribution in [2.75, 3.05) is 47.5 Å². The van der Waals surface area contributed by atoms with Gasteiger partial charge in [0.05, 0.1) is 27.7 Å². The van der Waals surface area contributed by atoms with Crippen LogP contribution in [-0.2, 0) is 32.7 Å². The molecule has 0 aromatic rings. The monoisotopic (exact) mass is 809 g/mol. The lowest BCUT2D eigenvalue weighted by molar-refractivity contribution is -0.870. The molecule has 0 fully saturated rings. The van der Waals surface area contributed by atoms with Gasteiger partial charge in [0.25, 0.3) is 0 Å². The van der Waals surface area contributed by atoms with Crippen molar-refractivity contribution in [3.8, 4) is 0 Å². The largest absolute Gasteiger partial charge is 0.472 e. The number of phosphoric ester groups is 1. The maximum Gasteiger partial charge on any atom is 0.472 e. The fraction of sp³-hybridized carbons (Fsp3) is 0.739. The number of quaternary nitrogens is 1. The molecule has 9 nitrogen and oxygen atoms in total. The molecule has 0 aromatic carbocycles. The Bertz CT molecular complexity index is 1140. The predicted molar refractivity (Wildman–Crippen MR) is 233 cm³/mol. The summed E-state index contributed by atoms with van der Waals surface area (Å²) in [5.74, 6) is -0.882. The SMILES string of the molecule is CCCCCC/C=C/C=C/CCCCCCCC(=O)OC[C@H](COP(=O)(O)OCC[N+](C)(C)C)OC(=O)CCC/C=C/C/C=C/C/C=C/CCCCCCCC. The zero-order valence-corrected chi connectivity index (χ0v) is 37.2. The first-order chi connectivity index (χ1) is 27.0. The smallest absolute Gasteiger partial charge is 0.462 e. The van der Waals surface area contributed by atoms with E-state index in [1.165, 1.54) is 64.2 Å². The summed E-state index contributed by atoms with van der Waals surface area (Å²) in [5.41, 5.74) is 0. The highest BCUT2D eigenvalue weighted by Crippen LogP contribution is 2.43. The van der Waals surface area contributed by atoms with Crippen LogP contribution in [0.25, 0.3) is 0 Å². The lowest BCUT2D eigenvalue weighted by Crippen LogP contribution is -2.37. The Morgan fingerprint density at radius 1 is 0.571 bits per heavy atom. The first-order valence-electron chi connectivity index (χ1n) is 22.0. The molecule has 1 unspecified atom stereocenters. The fourth-order valence-electron chi connectivity index (χ4n) is 5.55. The van der Waals surface area contributed by atoms with Gasteiger partial charge in [-0.25, -0.2) is 4.57 Å². The number of ether oxygens (including phenoxy) is 2. The molecule has 324 valence electrons. The van der Waals surface area contributed by atoms with Crippen molar-refractivity contribution in [1.82, 2.24) is 0 Å². The van der Waals surface area contributed by atoms with E-state index in [-0.39, 0.29) is 26.1 Å². The maximum atomic E-state index is 12.7. The van der Waals surface area contributed by atoms with Crippen LogP contribution in [0.1, 0.15) is 168 Å². The van der Waals surface area contributed by atoms with E-state index < -0.39 is 32.5 Å². The predicted octanol–water partition coefficient (Wildman–Crippen LogP) is 12.5. The van der Waals surface area contributed by atoms with Crippen LogP contribution in [0.15, 0.2) is 60.8 Å². The highest BCUT2D eigenvalue weighted by atomic mass is 31.2. The van der Waals surface area contributed by atoms with E-state index in [9.17, 15) is 19.0 Å². The van der Waals surface area contributed by atoms with Crippen molar-refractivity contribution in [1.29, 1.82) is 0 Å².